The Labute approximate surface area is 151 Å². The number of nitrogens with zero attached hydrogens (tertiary/aromatic N) is 3. The van der Waals surface area contributed by atoms with Gasteiger partial charge in [-0.1, -0.05) is 37.6 Å². The third-order valence-electron chi connectivity index (χ3n) is 3.70. The summed E-state index contributed by atoms with van der Waals surface area (Å²) in [6, 6.07) is 8.93. The minimum absolute atomic E-state index is 0.147. The van der Waals surface area contributed by atoms with Crippen molar-refractivity contribution in [3.8, 4) is 11.3 Å². The summed E-state index contributed by atoms with van der Waals surface area (Å²) in [5.41, 5.74) is 7.63. The first-order chi connectivity index (χ1) is 12.1. The Morgan fingerprint density at radius 2 is 1.84 bits per heavy atom. The molecule has 2 aromatic rings. The molecule has 2 N–H and O–H groups in total. The molecule has 0 saturated carbocycles. The van der Waals surface area contributed by atoms with E-state index < -0.39 is 4.92 Å². The lowest BCUT2D eigenvalue weighted by Gasteiger charge is -2.28. The van der Waals surface area contributed by atoms with E-state index in [1.165, 1.54) is 6.07 Å². The molecule has 3 rings (SSSR count). The molecule has 1 saturated heterocycles. The molecule has 8 heteroatoms. The van der Waals surface area contributed by atoms with Crippen molar-refractivity contribution in [3.63, 3.8) is 0 Å². The first kappa shape index (κ1) is 19.0. The monoisotopic (exact) mass is 364 g/mol. The van der Waals surface area contributed by atoms with Crippen LogP contribution in [0.25, 0.3) is 11.3 Å². The summed E-state index contributed by atoms with van der Waals surface area (Å²) in [5, 5.41) is 11.1. The predicted octanol–water partition coefficient (Wildman–Crippen LogP) is 3.76. The van der Waals surface area contributed by atoms with Gasteiger partial charge in [0.25, 0.3) is 0 Å². The molecule has 1 aromatic heterocycles. The predicted molar refractivity (Wildman–Crippen MR) is 100 cm³/mol. The lowest BCUT2D eigenvalue weighted by Crippen LogP contribution is -2.36. The fraction of sp³-hybridized carbons (Fsp3) is 0.353. The summed E-state index contributed by atoms with van der Waals surface area (Å²) in [4.78, 5) is 16.6. The smallest absolute Gasteiger partial charge is 0.312 e. The van der Waals surface area contributed by atoms with Gasteiger partial charge in [0.1, 0.15) is 0 Å². The molecule has 134 valence electrons. The molecule has 25 heavy (non-hydrogen) atoms. The third kappa shape index (κ3) is 4.37. The minimum Gasteiger partial charge on any atom is -0.378 e. The molecule has 0 atom stereocenters. The molecule has 0 radical (unpaired) electrons. The summed E-state index contributed by atoms with van der Waals surface area (Å²) < 4.78 is 5.34. The highest BCUT2D eigenvalue weighted by molar-refractivity contribution is 6.33. The van der Waals surface area contributed by atoms with E-state index in [1.807, 2.05) is 38.1 Å². The first-order valence-electron chi connectivity index (χ1n) is 8.10. The molecule has 0 bridgehead atoms. The molecule has 1 aliphatic heterocycles. The Morgan fingerprint density at radius 3 is 2.40 bits per heavy atom. The zero-order valence-corrected chi connectivity index (χ0v) is 15.0. The number of morpholine rings is 1. The zero-order valence-electron chi connectivity index (χ0n) is 14.2. The van der Waals surface area contributed by atoms with Gasteiger partial charge >= 0.3 is 5.69 Å². The third-order valence-corrected chi connectivity index (χ3v) is 3.99. The zero-order chi connectivity index (χ0) is 18.4. The maximum absolute atomic E-state index is 10.9. The van der Waals surface area contributed by atoms with Crippen LogP contribution >= 0.6 is 11.6 Å². The van der Waals surface area contributed by atoms with Gasteiger partial charge in [0, 0.05) is 30.4 Å². The average Bonchev–Trinajstić information content (AvgIpc) is 2.65. The van der Waals surface area contributed by atoms with Gasteiger partial charge in [0.2, 0.25) is 5.82 Å². The van der Waals surface area contributed by atoms with Crippen LogP contribution in [0.4, 0.5) is 17.2 Å². The molecule has 1 aliphatic rings. The molecular weight excluding hydrogens is 344 g/mol. The molecule has 1 fully saturated rings. The first-order valence-corrected chi connectivity index (χ1v) is 8.47. The van der Waals surface area contributed by atoms with Crippen molar-refractivity contribution in [2.45, 2.75) is 13.8 Å². The van der Waals surface area contributed by atoms with E-state index >= 15 is 0 Å². The molecule has 0 spiro atoms. The molecule has 0 aliphatic carbocycles. The van der Waals surface area contributed by atoms with Gasteiger partial charge in [-0.2, -0.15) is 0 Å². The SMILES string of the molecule is CC.Nc1nc(-c2ccc(N3CCOCC3)cc2)c(Cl)cc1[N+](=O)[O-]. The molecule has 0 unspecified atom stereocenters. The molecule has 0 amide bonds. The number of hydrogen-bond acceptors (Lipinski definition) is 6. The average molecular weight is 365 g/mol. The van der Waals surface area contributed by atoms with Gasteiger partial charge in [-0.25, -0.2) is 4.98 Å². The summed E-state index contributed by atoms with van der Waals surface area (Å²) in [6.45, 7) is 7.13. The van der Waals surface area contributed by atoms with E-state index in [0.29, 0.717) is 18.9 Å². The quantitative estimate of drug-likeness (QED) is 0.658. The van der Waals surface area contributed by atoms with Gasteiger partial charge in [-0.3, -0.25) is 10.1 Å². The second-order valence-electron chi connectivity index (χ2n) is 5.13. The molecule has 7 nitrogen and oxygen atoms in total. The van der Waals surface area contributed by atoms with Crippen LogP contribution in [0, 0.1) is 10.1 Å². The van der Waals surface area contributed by atoms with Gasteiger partial charge in [0.15, 0.2) is 0 Å². The topological polar surface area (TPSA) is 94.5 Å². The number of benzene rings is 1. The van der Waals surface area contributed by atoms with Gasteiger partial charge in [0.05, 0.1) is 28.9 Å². The standard InChI is InChI=1S/C15H15ClN4O3.C2H6/c16-12-9-13(20(21)22)15(17)18-14(12)10-1-3-11(4-2-10)19-5-7-23-8-6-19;1-2/h1-4,9H,5-8H2,(H2,17,18);1-2H3. The maximum Gasteiger partial charge on any atom is 0.312 e. The fourth-order valence-corrected chi connectivity index (χ4v) is 2.75. The number of rotatable bonds is 3. The van der Waals surface area contributed by atoms with Crippen molar-refractivity contribution >= 4 is 28.8 Å². The number of hydrogen-bond donors (Lipinski definition) is 1. The largest absolute Gasteiger partial charge is 0.378 e. The number of nitro groups is 1. The Balaban J connectivity index is 0.00000109. The van der Waals surface area contributed by atoms with E-state index in [1.54, 1.807) is 0 Å². The number of aromatic nitrogens is 1. The van der Waals surface area contributed by atoms with Crippen molar-refractivity contribution in [2.75, 3.05) is 36.9 Å². The highest BCUT2D eigenvalue weighted by Crippen LogP contribution is 2.33. The minimum atomic E-state index is -0.598. The number of nitrogens with two attached hydrogens (primary N) is 1. The van der Waals surface area contributed by atoms with Crippen molar-refractivity contribution in [1.29, 1.82) is 0 Å². The van der Waals surface area contributed by atoms with Crippen molar-refractivity contribution in [2.24, 2.45) is 0 Å². The lowest BCUT2D eigenvalue weighted by atomic mass is 10.1. The van der Waals surface area contributed by atoms with Crippen LogP contribution in [-0.2, 0) is 4.74 Å². The molecular formula is C17H21ClN4O3. The van der Waals surface area contributed by atoms with Crippen molar-refractivity contribution in [3.05, 3.63) is 45.5 Å². The summed E-state index contributed by atoms with van der Waals surface area (Å²) in [7, 11) is 0. The number of anilines is 2. The van der Waals surface area contributed by atoms with Crippen LogP contribution in [0.1, 0.15) is 13.8 Å². The summed E-state index contributed by atoms with van der Waals surface area (Å²) in [6.07, 6.45) is 0. The van der Waals surface area contributed by atoms with Gasteiger partial charge in [-0.15, -0.1) is 0 Å². The van der Waals surface area contributed by atoms with Crippen molar-refractivity contribution in [1.82, 2.24) is 4.98 Å². The second kappa shape index (κ2) is 8.64. The van der Waals surface area contributed by atoms with Crippen molar-refractivity contribution < 1.29 is 9.66 Å². The second-order valence-corrected chi connectivity index (χ2v) is 5.53. The van der Waals surface area contributed by atoms with Crippen LogP contribution in [0.5, 0.6) is 0 Å². The fourth-order valence-electron chi connectivity index (χ4n) is 2.49. The Morgan fingerprint density at radius 1 is 1.24 bits per heavy atom. The Hall–Kier alpha value is -2.38. The van der Waals surface area contributed by atoms with E-state index in [0.717, 1.165) is 24.3 Å². The molecule has 1 aromatic carbocycles. The van der Waals surface area contributed by atoms with Crippen LogP contribution < -0.4 is 10.6 Å². The highest BCUT2D eigenvalue weighted by atomic mass is 35.5. The highest BCUT2D eigenvalue weighted by Gasteiger charge is 2.18. The van der Waals surface area contributed by atoms with Crippen LogP contribution in [0.15, 0.2) is 30.3 Å². The van der Waals surface area contributed by atoms with Gasteiger partial charge < -0.3 is 15.4 Å². The lowest BCUT2D eigenvalue weighted by molar-refractivity contribution is -0.384. The van der Waals surface area contributed by atoms with Crippen LogP contribution in [-0.4, -0.2) is 36.2 Å². The van der Waals surface area contributed by atoms with Crippen LogP contribution in [0.3, 0.4) is 0 Å². The van der Waals surface area contributed by atoms with Gasteiger partial charge in [-0.05, 0) is 12.1 Å². The van der Waals surface area contributed by atoms with Crippen LogP contribution in [0.2, 0.25) is 5.02 Å². The maximum atomic E-state index is 10.9. The number of nitrogen functional groups attached to an aromatic ring is 1. The number of halogens is 1. The number of ether oxygens (including phenoxy) is 1. The number of pyridine rings is 1. The van der Waals surface area contributed by atoms with E-state index in [4.69, 9.17) is 22.1 Å². The van der Waals surface area contributed by atoms with E-state index in [2.05, 4.69) is 9.88 Å². The Bertz CT molecular complexity index is 731. The van der Waals surface area contributed by atoms with E-state index in [9.17, 15) is 10.1 Å². The van der Waals surface area contributed by atoms with E-state index in [-0.39, 0.29) is 16.5 Å². The summed E-state index contributed by atoms with van der Waals surface area (Å²) >= 11 is 6.12. The molecule has 2 heterocycles. The summed E-state index contributed by atoms with van der Waals surface area (Å²) in [5.74, 6) is -0.147. The normalized spacial score (nSPS) is 13.8. The Kier molecular flexibility index (Phi) is 6.55.